The Bertz CT molecular complexity index is 565. The molecule has 3 heteroatoms. The lowest BCUT2D eigenvalue weighted by molar-refractivity contribution is 0.638. The van der Waals surface area contributed by atoms with E-state index < -0.39 is 0 Å². The van der Waals surface area contributed by atoms with Gasteiger partial charge in [0, 0.05) is 28.9 Å². The van der Waals surface area contributed by atoms with Gasteiger partial charge < -0.3 is 11.1 Å². The molecule has 0 bridgehead atoms. The summed E-state index contributed by atoms with van der Waals surface area (Å²) in [6.45, 7) is 2.03. The summed E-state index contributed by atoms with van der Waals surface area (Å²) in [6, 6.07) is 11.0. The van der Waals surface area contributed by atoms with E-state index in [1.54, 1.807) is 0 Å². The number of fused-ring (bicyclic) bond motifs is 1. The number of benzene rings is 1. The fourth-order valence-electron chi connectivity index (χ4n) is 2.79. The smallest absolute Gasteiger partial charge is 0.0725 e. The van der Waals surface area contributed by atoms with Gasteiger partial charge in [-0.15, -0.1) is 0 Å². The minimum Gasteiger partial charge on any atom is -0.380 e. The van der Waals surface area contributed by atoms with Crippen LogP contribution in [-0.4, -0.2) is 17.1 Å². The number of nitrogens with zero attached hydrogens (tertiary/aromatic N) is 1. The van der Waals surface area contributed by atoms with Crippen LogP contribution in [-0.2, 0) is 0 Å². The molecule has 18 heavy (non-hydrogen) atoms. The first-order valence-corrected chi connectivity index (χ1v) is 6.62. The Morgan fingerprint density at radius 3 is 2.89 bits per heavy atom. The third-order valence-corrected chi connectivity index (χ3v) is 3.75. The number of aryl methyl sites for hydroxylation is 1. The summed E-state index contributed by atoms with van der Waals surface area (Å²) in [5.74, 6) is 0. The number of aromatic nitrogens is 1. The Kier molecular flexibility index (Phi) is 2.92. The average molecular weight is 241 g/mol. The predicted molar refractivity (Wildman–Crippen MR) is 75.7 cm³/mol. The zero-order chi connectivity index (χ0) is 12.5. The summed E-state index contributed by atoms with van der Waals surface area (Å²) in [7, 11) is 0. The third kappa shape index (κ3) is 2.06. The molecule has 2 aromatic rings. The lowest BCUT2D eigenvalue weighted by atomic mass is 10.1. The molecule has 3 nitrogen and oxygen atoms in total. The van der Waals surface area contributed by atoms with E-state index in [4.69, 9.17) is 5.73 Å². The number of rotatable bonds is 2. The SMILES string of the molecule is Cc1cc(NC2CCCC2N)c2ccccc2n1. The molecule has 0 aliphatic heterocycles. The van der Waals surface area contributed by atoms with E-state index in [-0.39, 0.29) is 6.04 Å². The van der Waals surface area contributed by atoms with Crippen molar-refractivity contribution < 1.29 is 0 Å². The number of hydrogen-bond acceptors (Lipinski definition) is 3. The molecule has 1 heterocycles. The van der Waals surface area contributed by atoms with Gasteiger partial charge in [-0.05, 0) is 38.3 Å². The van der Waals surface area contributed by atoms with Crippen molar-refractivity contribution in [3.63, 3.8) is 0 Å². The molecular formula is C15H19N3. The van der Waals surface area contributed by atoms with Gasteiger partial charge in [-0.1, -0.05) is 18.2 Å². The molecule has 3 rings (SSSR count). The number of para-hydroxylation sites is 1. The van der Waals surface area contributed by atoms with Gasteiger partial charge in [0.2, 0.25) is 0 Å². The van der Waals surface area contributed by atoms with Gasteiger partial charge in [-0.3, -0.25) is 4.98 Å². The average Bonchev–Trinajstić information content (AvgIpc) is 2.75. The Hall–Kier alpha value is -1.61. The second-order valence-corrected chi connectivity index (χ2v) is 5.17. The highest BCUT2D eigenvalue weighted by atomic mass is 15.0. The van der Waals surface area contributed by atoms with E-state index in [9.17, 15) is 0 Å². The zero-order valence-corrected chi connectivity index (χ0v) is 10.7. The molecule has 1 aromatic carbocycles. The lowest BCUT2D eigenvalue weighted by Gasteiger charge is -2.20. The largest absolute Gasteiger partial charge is 0.380 e. The van der Waals surface area contributed by atoms with Crippen LogP contribution in [0.1, 0.15) is 25.0 Å². The van der Waals surface area contributed by atoms with Crippen LogP contribution in [0.2, 0.25) is 0 Å². The minimum absolute atomic E-state index is 0.275. The third-order valence-electron chi connectivity index (χ3n) is 3.75. The summed E-state index contributed by atoms with van der Waals surface area (Å²) in [5, 5.41) is 4.79. The van der Waals surface area contributed by atoms with Crippen molar-refractivity contribution in [1.29, 1.82) is 0 Å². The highest BCUT2D eigenvalue weighted by Gasteiger charge is 2.24. The second kappa shape index (κ2) is 4.58. The molecule has 1 aliphatic carbocycles. The van der Waals surface area contributed by atoms with Crippen LogP contribution in [0.4, 0.5) is 5.69 Å². The standard InChI is InChI=1S/C15H19N3/c1-10-9-15(18-14-8-4-6-12(14)16)11-5-2-3-7-13(11)17-10/h2-3,5,7,9,12,14H,4,6,8,16H2,1H3,(H,17,18). The van der Waals surface area contributed by atoms with Crippen molar-refractivity contribution in [3.8, 4) is 0 Å². The van der Waals surface area contributed by atoms with Crippen LogP contribution in [0.15, 0.2) is 30.3 Å². The van der Waals surface area contributed by atoms with Crippen molar-refractivity contribution >= 4 is 16.6 Å². The first kappa shape index (κ1) is 11.5. The normalized spacial score (nSPS) is 23.4. The van der Waals surface area contributed by atoms with Gasteiger partial charge in [-0.2, -0.15) is 0 Å². The van der Waals surface area contributed by atoms with Crippen molar-refractivity contribution in [2.24, 2.45) is 5.73 Å². The number of nitrogens with two attached hydrogens (primary N) is 1. The van der Waals surface area contributed by atoms with Crippen LogP contribution in [0.25, 0.3) is 10.9 Å². The summed E-state index contributed by atoms with van der Waals surface area (Å²) in [5.41, 5.74) is 9.39. The van der Waals surface area contributed by atoms with Gasteiger partial charge >= 0.3 is 0 Å². The van der Waals surface area contributed by atoms with E-state index in [1.807, 2.05) is 13.0 Å². The maximum Gasteiger partial charge on any atom is 0.0725 e. The molecule has 0 amide bonds. The molecular weight excluding hydrogens is 222 g/mol. The van der Waals surface area contributed by atoms with E-state index in [0.29, 0.717) is 6.04 Å². The van der Waals surface area contributed by atoms with Gasteiger partial charge in [0.25, 0.3) is 0 Å². The van der Waals surface area contributed by atoms with Crippen LogP contribution >= 0.6 is 0 Å². The van der Waals surface area contributed by atoms with Crippen LogP contribution in [0.3, 0.4) is 0 Å². The summed E-state index contributed by atoms with van der Waals surface area (Å²) in [4.78, 5) is 4.56. The molecule has 1 aromatic heterocycles. The fourth-order valence-corrected chi connectivity index (χ4v) is 2.79. The van der Waals surface area contributed by atoms with Gasteiger partial charge in [0.15, 0.2) is 0 Å². The Labute approximate surface area is 107 Å². The quantitative estimate of drug-likeness (QED) is 0.850. The Morgan fingerprint density at radius 1 is 1.28 bits per heavy atom. The Morgan fingerprint density at radius 2 is 2.11 bits per heavy atom. The van der Waals surface area contributed by atoms with Crippen LogP contribution in [0.5, 0.6) is 0 Å². The van der Waals surface area contributed by atoms with Crippen molar-refractivity contribution in [3.05, 3.63) is 36.0 Å². The number of hydrogen-bond donors (Lipinski definition) is 2. The highest BCUT2D eigenvalue weighted by molar-refractivity contribution is 5.91. The van der Waals surface area contributed by atoms with E-state index in [0.717, 1.165) is 24.1 Å². The van der Waals surface area contributed by atoms with Crippen LogP contribution < -0.4 is 11.1 Å². The van der Waals surface area contributed by atoms with E-state index >= 15 is 0 Å². The minimum atomic E-state index is 0.275. The van der Waals surface area contributed by atoms with Crippen LogP contribution in [0, 0.1) is 6.92 Å². The van der Waals surface area contributed by atoms with Crippen molar-refractivity contribution in [2.45, 2.75) is 38.3 Å². The highest BCUT2D eigenvalue weighted by Crippen LogP contribution is 2.27. The molecule has 1 fully saturated rings. The predicted octanol–water partition coefficient (Wildman–Crippen LogP) is 2.83. The summed E-state index contributed by atoms with van der Waals surface area (Å²) >= 11 is 0. The number of nitrogens with one attached hydrogen (secondary N) is 1. The molecule has 0 saturated heterocycles. The molecule has 1 aliphatic rings. The maximum absolute atomic E-state index is 6.13. The topological polar surface area (TPSA) is 50.9 Å². The first-order valence-electron chi connectivity index (χ1n) is 6.62. The zero-order valence-electron chi connectivity index (χ0n) is 10.7. The lowest BCUT2D eigenvalue weighted by Crippen LogP contribution is -2.35. The molecule has 0 radical (unpaired) electrons. The molecule has 2 unspecified atom stereocenters. The van der Waals surface area contributed by atoms with Gasteiger partial charge in [0.05, 0.1) is 5.52 Å². The van der Waals surface area contributed by atoms with Crippen molar-refractivity contribution in [1.82, 2.24) is 4.98 Å². The number of anilines is 1. The molecule has 3 N–H and O–H groups in total. The van der Waals surface area contributed by atoms with Crippen molar-refractivity contribution in [2.75, 3.05) is 5.32 Å². The maximum atomic E-state index is 6.13. The molecule has 0 spiro atoms. The summed E-state index contributed by atoms with van der Waals surface area (Å²) in [6.07, 6.45) is 3.51. The molecule has 94 valence electrons. The summed E-state index contributed by atoms with van der Waals surface area (Å²) < 4.78 is 0. The first-order chi connectivity index (χ1) is 8.74. The van der Waals surface area contributed by atoms with E-state index in [1.165, 1.54) is 17.5 Å². The van der Waals surface area contributed by atoms with E-state index in [2.05, 4.69) is 34.6 Å². The molecule has 1 saturated carbocycles. The second-order valence-electron chi connectivity index (χ2n) is 5.17. The monoisotopic (exact) mass is 241 g/mol. The number of pyridine rings is 1. The fraction of sp³-hybridized carbons (Fsp3) is 0.400. The van der Waals surface area contributed by atoms with Gasteiger partial charge in [-0.25, -0.2) is 0 Å². The van der Waals surface area contributed by atoms with Gasteiger partial charge in [0.1, 0.15) is 0 Å². The molecule has 2 atom stereocenters. The Balaban J connectivity index is 2.00.